The van der Waals surface area contributed by atoms with Crippen LogP contribution in [0.1, 0.15) is 39.0 Å². The van der Waals surface area contributed by atoms with Crippen molar-refractivity contribution in [3.63, 3.8) is 0 Å². The zero-order valence-electron chi connectivity index (χ0n) is 13.7. The van der Waals surface area contributed by atoms with Crippen molar-refractivity contribution in [1.82, 2.24) is 15.5 Å². The Morgan fingerprint density at radius 1 is 1.09 bits per heavy atom. The fraction of sp³-hybridized carbons (Fsp3) is 0.867. The number of nitrogens with one attached hydrogen (secondary N) is 2. The van der Waals surface area contributed by atoms with Gasteiger partial charge < -0.3 is 15.5 Å². The second kappa shape index (κ2) is 7.99. The maximum Gasteiger partial charge on any atom is 0.315 e. The SMILES string of the molecule is CC1CCS(=O)(=O)CCN1C(=O)CNC(=O)NCC1CCCC1. The van der Waals surface area contributed by atoms with E-state index in [1.54, 1.807) is 4.90 Å². The van der Waals surface area contributed by atoms with E-state index in [-0.39, 0.29) is 42.6 Å². The highest BCUT2D eigenvalue weighted by Crippen LogP contribution is 2.23. The third kappa shape index (κ3) is 5.67. The Morgan fingerprint density at radius 3 is 2.48 bits per heavy atom. The molecule has 1 aliphatic carbocycles. The highest BCUT2D eigenvalue weighted by Gasteiger charge is 2.27. The number of carbonyl (C=O) groups excluding carboxylic acids is 2. The first kappa shape index (κ1) is 18.0. The van der Waals surface area contributed by atoms with Gasteiger partial charge in [-0.15, -0.1) is 0 Å². The third-order valence-corrected chi connectivity index (χ3v) is 6.43. The molecule has 2 rings (SSSR count). The lowest BCUT2D eigenvalue weighted by atomic mass is 10.1. The lowest BCUT2D eigenvalue weighted by molar-refractivity contribution is -0.131. The Bertz CT molecular complexity index is 529. The smallest absolute Gasteiger partial charge is 0.315 e. The molecule has 0 aromatic carbocycles. The van der Waals surface area contributed by atoms with Crippen molar-refractivity contribution in [2.24, 2.45) is 5.92 Å². The van der Waals surface area contributed by atoms with Crippen molar-refractivity contribution < 1.29 is 18.0 Å². The van der Waals surface area contributed by atoms with Crippen LogP contribution in [-0.2, 0) is 14.6 Å². The Hall–Kier alpha value is -1.31. The van der Waals surface area contributed by atoms with E-state index >= 15 is 0 Å². The predicted octanol–water partition coefficient (Wildman–Crippen LogP) is 0.511. The van der Waals surface area contributed by atoms with Gasteiger partial charge in [0.05, 0.1) is 18.1 Å². The van der Waals surface area contributed by atoms with Crippen LogP contribution in [0, 0.1) is 5.92 Å². The topological polar surface area (TPSA) is 95.6 Å². The van der Waals surface area contributed by atoms with Gasteiger partial charge in [-0.2, -0.15) is 0 Å². The molecule has 1 unspecified atom stereocenters. The van der Waals surface area contributed by atoms with Crippen LogP contribution in [0.15, 0.2) is 0 Å². The van der Waals surface area contributed by atoms with Gasteiger partial charge >= 0.3 is 6.03 Å². The van der Waals surface area contributed by atoms with Gasteiger partial charge in [0, 0.05) is 19.1 Å². The molecule has 0 aromatic rings. The maximum absolute atomic E-state index is 12.2. The van der Waals surface area contributed by atoms with E-state index in [0.717, 1.165) is 12.8 Å². The molecule has 1 saturated heterocycles. The van der Waals surface area contributed by atoms with Gasteiger partial charge in [0.1, 0.15) is 0 Å². The van der Waals surface area contributed by atoms with Crippen molar-refractivity contribution >= 4 is 21.8 Å². The van der Waals surface area contributed by atoms with Crippen molar-refractivity contribution in [3.8, 4) is 0 Å². The number of hydrogen-bond donors (Lipinski definition) is 2. The van der Waals surface area contributed by atoms with Crippen molar-refractivity contribution in [3.05, 3.63) is 0 Å². The van der Waals surface area contributed by atoms with Crippen LogP contribution >= 0.6 is 0 Å². The molecule has 132 valence electrons. The Labute approximate surface area is 138 Å². The molecule has 1 heterocycles. The summed E-state index contributed by atoms with van der Waals surface area (Å²) in [4.78, 5) is 25.5. The molecule has 23 heavy (non-hydrogen) atoms. The molecular weight excluding hydrogens is 318 g/mol. The Balaban J connectivity index is 1.73. The first-order valence-corrected chi connectivity index (χ1v) is 10.2. The van der Waals surface area contributed by atoms with E-state index in [4.69, 9.17) is 0 Å². The normalized spacial score (nSPS) is 24.9. The summed E-state index contributed by atoms with van der Waals surface area (Å²) >= 11 is 0. The molecular formula is C15H27N3O4S. The summed E-state index contributed by atoms with van der Waals surface area (Å²) < 4.78 is 23.3. The summed E-state index contributed by atoms with van der Waals surface area (Å²) in [7, 11) is -3.06. The summed E-state index contributed by atoms with van der Waals surface area (Å²) in [5.74, 6) is 0.433. The number of carbonyl (C=O) groups is 2. The van der Waals surface area contributed by atoms with Gasteiger partial charge in [0.2, 0.25) is 5.91 Å². The second-order valence-electron chi connectivity index (χ2n) is 6.59. The highest BCUT2D eigenvalue weighted by atomic mass is 32.2. The monoisotopic (exact) mass is 345 g/mol. The fourth-order valence-corrected chi connectivity index (χ4v) is 4.59. The van der Waals surface area contributed by atoms with E-state index in [9.17, 15) is 18.0 Å². The lowest BCUT2D eigenvalue weighted by Gasteiger charge is -2.26. The highest BCUT2D eigenvalue weighted by molar-refractivity contribution is 7.91. The minimum Gasteiger partial charge on any atom is -0.338 e. The minimum absolute atomic E-state index is 0.00302. The summed E-state index contributed by atoms with van der Waals surface area (Å²) in [5.41, 5.74) is 0. The number of urea groups is 1. The molecule has 3 amide bonds. The average molecular weight is 345 g/mol. The summed E-state index contributed by atoms with van der Waals surface area (Å²) in [6.07, 6.45) is 5.20. The van der Waals surface area contributed by atoms with Crippen LogP contribution < -0.4 is 10.6 Å². The predicted molar refractivity (Wildman–Crippen MR) is 87.8 cm³/mol. The number of hydrogen-bond acceptors (Lipinski definition) is 4. The Morgan fingerprint density at radius 2 is 1.78 bits per heavy atom. The summed E-state index contributed by atoms with van der Waals surface area (Å²) in [5, 5.41) is 5.38. The molecule has 0 bridgehead atoms. The van der Waals surface area contributed by atoms with Gasteiger partial charge in [0.15, 0.2) is 9.84 Å². The molecule has 2 aliphatic rings. The molecule has 2 N–H and O–H groups in total. The zero-order chi connectivity index (χ0) is 16.9. The van der Waals surface area contributed by atoms with E-state index in [0.29, 0.717) is 18.9 Å². The second-order valence-corrected chi connectivity index (χ2v) is 8.89. The quantitative estimate of drug-likeness (QED) is 0.776. The van der Waals surface area contributed by atoms with E-state index < -0.39 is 9.84 Å². The van der Waals surface area contributed by atoms with Gasteiger partial charge in [-0.3, -0.25) is 4.79 Å². The van der Waals surface area contributed by atoms with Crippen LogP contribution in [0.25, 0.3) is 0 Å². The number of amides is 3. The Kier molecular flexibility index (Phi) is 6.26. The molecule has 0 radical (unpaired) electrons. The fourth-order valence-electron chi connectivity index (χ4n) is 3.21. The third-order valence-electron chi connectivity index (χ3n) is 4.77. The average Bonchev–Trinajstić information content (AvgIpc) is 2.97. The summed E-state index contributed by atoms with van der Waals surface area (Å²) in [6.45, 7) is 2.60. The van der Waals surface area contributed by atoms with Gasteiger partial charge in [-0.25, -0.2) is 13.2 Å². The zero-order valence-corrected chi connectivity index (χ0v) is 14.5. The van der Waals surface area contributed by atoms with Crippen LogP contribution in [0.2, 0.25) is 0 Å². The van der Waals surface area contributed by atoms with E-state index in [2.05, 4.69) is 10.6 Å². The minimum atomic E-state index is -3.06. The first-order chi connectivity index (χ1) is 10.9. The van der Waals surface area contributed by atoms with E-state index in [1.165, 1.54) is 12.8 Å². The number of nitrogens with zero attached hydrogens (tertiary/aromatic N) is 1. The molecule has 7 nitrogen and oxygen atoms in total. The van der Waals surface area contributed by atoms with Crippen molar-refractivity contribution in [2.45, 2.75) is 45.1 Å². The standard InChI is InChI=1S/C15H27N3O4S/c1-12-6-8-23(21,22)9-7-18(12)14(19)11-17-15(20)16-10-13-4-2-3-5-13/h12-13H,2-11H2,1H3,(H2,16,17,20). The molecule has 8 heteroatoms. The number of rotatable bonds is 4. The van der Waals surface area contributed by atoms with Crippen LogP contribution in [-0.4, -0.2) is 62.4 Å². The molecule has 0 spiro atoms. The largest absolute Gasteiger partial charge is 0.338 e. The molecule has 0 aromatic heterocycles. The molecule has 1 atom stereocenters. The van der Waals surface area contributed by atoms with Crippen molar-refractivity contribution in [1.29, 1.82) is 0 Å². The van der Waals surface area contributed by atoms with Crippen molar-refractivity contribution in [2.75, 3.05) is 31.1 Å². The van der Waals surface area contributed by atoms with Crippen LogP contribution in [0.4, 0.5) is 4.79 Å². The lowest BCUT2D eigenvalue weighted by Crippen LogP contribution is -2.47. The van der Waals surface area contributed by atoms with Gasteiger partial charge in [-0.1, -0.05) is 12.8 Å². The van der Waals surface area contributed by atoms with Crippen LogP contribution in [0.5, 0.6) is 0 Å². The molecule has 1 aliphatic heterocycles. The summed E-state index contributed by atoms with van der Waals surface area (Å²) in [6, 6.07) is -0.455. The van der Waals surface area contributed by atoms with Gasteiger partial charge in [-0.05, 0) is 32.1 Å². The van der Waals surface area contributed by atoms with E-state index in [1.807, 2.05) is 6.92 Å². The van der Waals surface area contributed by atoms with Crippen LogP contribution in [0.3, 0.4) is 0 Å². The first-order valence-electron chi connectivity index (χ1n) is 8.39. The molecule has 2 fully saturated rings. The maximum atomic E-state index is 12.2. The van der Waals surface area contributed by atoms with Gasteiger partial charge in [0.25, 0.3) is 0 Å². The molecule has 1 saturated carbocycles. The number of sulfone groups is 1.